The van der Waals surface area contributed by atoms with E-state index < -0.39 is 6.55 Å². The molecule has 0 fully saturated rings. The van der Waals surface area contributed by atoms with E-state index >= 15 is 0 Å². The zero-order valence-corrected chi connectivity index (χ0v) is 10.5. The second-order valence-electron chi connectivity index (χ2n) is 3.98. The summed E-state index contributed by atoms with van der Waals surface area (Å²) in [6.07, 6.45) is 2.64. The van der Waals surface area contributed by atoms with Crippen LogP contribution in [0.15, 0.2) is 36.7 Å². The molecule has 0 saturated carbocycles. The molecule has 0 amide bonds. The first kappa shape index (κ1) is 13.5. The van der Waals surface area contributed by atoms with Gasteiger partial charge in [0.2, 0.25) is 0 Å². The number of hydrogen-bond acceptors (Lipinski definition) is 3. The van der Waals surface area contributed by atoms with E-state index in [9.17, 15) is 8.78 Å². The average molecular weight is 267 g/mol. The fourth-order valence-corrected chi connectivity index (χ4v) is 1.72. The molecule has 0 aliphatic carbocycles. The van der Waals surface area contributed by atoms with Crippen molar-refractivity contribution < 1.29 is 13.5 Å². The van der Waals surface area contributed by atoms with Gasteiger partial charge >= 0.3 is 6.55 Å². The Morgan fingerprint density at radius 3 is 2.63 bits per heavy atom. The molecular weight excluding hydrogens is 252 g/mol. The highest BCUT2D eigenvalue weighted by Gasteiger charge is 2.10. The maximum absolute atomic E-state index is 12.6. The Kier molecular flexibility index (Phi) is 4.46. The lowest BCUT2D eigenvalue weighted by atomic mass is 10.2. The Labute approximate surface area is 110 Å². The maximum Gasteiger partial charge on any atom is 0.319 e. The lowest BCUT2D eigenvalue weighted by molar-refractivity contribution is 0.0666. The Morgan fingerprint density at radius 2 is 2.00 bits per heavy atom. The standard InChI is InChI=1S/C13H15F2N3O/c1-19-11-4-2-10(3-5-11)8-16-9-12-17-6-7-18(12)13(14)15/h2-7,13,16H,8-9H2,1H3. The van der Waals surface area contributed by atoms with E-state index in [0.717, 1.165) is 15.9 Å². The fraction of sp³-hybridized carbons (Fsp3) is 0.308. The summed E-state index contributed by atoms with van der Waals surface area (Å²) in [4.78, 5) is 3.90. The summed E-state index contributed by atoms with van der Waals surface area (Å²) in [6, 6.07) is 7.56. The lowest BCUT2D eigenvalue weighted by Crippen LogP contribution is -2.16. The van der Waals surface area contributed by atoms with Crippen molar-refractivity contribution >= 4 is 0 Å². The molecule has 0 radical (unpaired) electrons. The smallest absolute Gasteiger partial charge is 0.319 e. The second kappa shape index (κ2) is 6.29. The van der Waals surface area contributed by atoms with Crippen LogP contribution in [-0.4, -0.2) is 16.7 Å². The van der Waals surface area contributed by atoms with Crippen LogP contribution in [0.5, 0.6) is 5.75 Å². The van der Waals surface area contributed by atoms with Crippen LogP contribution in [0.4, 0.5) is 8.78 Å². The first-order chi connectivity index (χ1) is 9.20. The van der Waals surface area contributed by atoms with Crippen LogP contribution in [0.2, 0.25) is 0 Å². The van der Waals surface area contributed by atoms with E-state index in [1.165, 1.54) is 12.4 Å². The highest BCUT2D eigenvalue weighted by atomic mass is 19.3. The third kappa shape index (κ3) is 3.51. The van der Waals surface area contributed by atoms with Crippen molar-refractivity contribution in [2.24, 2.45) is 0 Å². The minimum atomic E-state index is -2.56. The summed E-state index contributed by atoms with van der Waals surface area (Å²) in [5.41, 5.74) is 1.05. The normalized spacial score (nSPS) is 10.9. The van der Waals surface area contributed by atoms with Crippen molar-refractivity contribution in [3.05, 3.63) is 48.0 Å². The van der Waals surface area contributed by atoms with E-state index in [1.54, 1.807) is 7.11 Å². The van der Waals surface area contributed by atoms with Crippen LogP contribution < -0.4 is 10.1 Å². The van der Waals surface area contributed by atoms with Crippen LogP contribution >= 0.6 is 0 Å². The molecule has 0 bridgehead atoms. The SMILES string of the molecule is COc1ccc(CNCc2nccn2C(F)F)cc1. The molecule has 1 aromatic heterocycles. The molecule has 2 rings (SSSR count). The molecule has 0 atom stereocenters. The number of ether oxygens (including phenoxy) is 1. The molecule has 0 unspecified atom stereocenters. The van der Waals surface area contributed by atoms with E-state index in [2.05, 4.69) is 10.3 Å². The number of aromatic nitrogens is 2. The predicted molar refractivity (Wildman–Crippen MR) is 67.0 cm³/mol. The molecule has 4 nitrogen and oxygen atoms in total. The summed E-state index contributed by atoms with van der Waals surface area (Å²) in [5, 5.41) is 3.08. The number of alkyl halides is 2. The molecule has 102 valence electrons. The summed E-state index contributed by atoms with van der Waals surface area (Å²) in [6.45, 7) is -1.68. The van der Waals surface area contributed by atoms with Crippen molar-refractivity contribution in [2.75, 3.05) is 7.11 Å². The highest BCUT2D eigenvalue weighted by molar-refractivity contribution is 5.26. The van der Waals surface area contributed by atoms with Gasteiger partial charge in [-0.05, 0) is 17.7 Å². The number of benzene rings is 1. The third-order valence-electron chi connectivity index (χ3n) is 2.73. The van der Waals surface area contributed by atoms with Gasteiger partial charge in [0.25, 0.3) is 0 Å². The summed E-state index contributed by atoms with van der Waals surface area (Å²) in [5.74, 6) is 1.11. The first-order valence-electron chi connectivity index (χ1n) is 5.84. The van der Waals surface area contributed by atoms with E-state index in [-0.39, 0.29) is 0 Å². The molecule has 1 aromatic carbocycles. The number of methoxy groups -OCH3 is 1. The van der Waals surface area contributed by atoms with E-state index in [0.29, 0.717) is 18.9 Å². The molecule has 0 aliphatic rings. The van der Waals surface area contributed by atoms with Crippen LogP contribution in [0.3, 0.4) is 0 Å². The van der Waals surface area contributed by atoms with Gasteiger partial charge in [-0.3, -0.25) is 4.57 Å². The summed E-state index contributed by atoms with van der Waals surface area (Å²) in [7, 11) is 1.61. The molecule has 1 N–H and O–H groups in total. The molecule has 2 aromatic rings. The molecule has 0 spiro atoms. The Morgan fingerprint density at radius 1 is 1.26 bits per heavy atom. The van der Waals surface area contributed by atoms with Crippen molar-refractivity contribution in [1.29, 1.82) is 0 Å². The van der Waals surface area contributed by atoms with E-state index in [4.69, 9.17) is 4.74 Å². The van der Waals surface area contributed by atoms with Crippen LogP contribution in [-0.2, 0) is 13.1 Å². The van der Waals surface area contributed by atoms with Gasteiger partial charge < -0.3 is 10.1 Å². The highest BCUT2D eigenvalue weighted by Crippen LogP contribution is 2.13. The van der Waals surface area contributed by atoms with Gasteiger partial charge in [-0.25, -0.2) is 4.98 Å². The summed E-state index contributed by atoms with van der Waals surface area (Å²) >= 11 is 0. The van der Waals surface area contributed by atoms with Crippen LogP contribution in [0.25, 0.3) is 0 Å². The molecule has 0 saturated heterocycles. The zero-order valence-electron chi connectivity index (χ0n) is 10.5. The van der Waals surface area contributed by atoms with Gasteiger partial charge in [-0.15, -0.1) is 0 Å². The quantitative estimate of drug-likeness (QED) is 0.874. The number of rotatable bonds is 6. The first-order valence-corrected chi connectivity index (χ1v) is 5.84. The van der Waals surface area contributed by atoms with E-state index in [1.807, 2.05) is 24.3 Å². The number of halogens is 2. The third-order valence-corrected chi connectivity index (χ3v) is 2.73. The lowest BCUT2D eigenvalue weighted by Gasteiger charge is -2.08. The number of nitrogens with zero attached hydrogens (tertiary/aromatic N) is 2. The van der Waals surface area contributed by atoms with Crippen molar-refractivity contribution in [2.45, 2.75) is 19.6 Å². The molecule has 1 heterocycles. The van der Waals surface area contributed by atoms with Gasteiger partial charge in [0, 0.05) is 18.9 Å². The van der Waals surface area contributed by atoms with Crippen molar-refractivity contribution in [3.63, 3.8) is 0 Å². The Bertz CT molecular complexity index is 511. The van der Waals surface area contributed by atoms with Crippen molar-refractivity contribution in [1.82, 2.24) is 14.9 Å². The Balaban J connectivity index is 1.87. The second-order valence-corrected chi connectivity index (χ2v) is 3.98. The minimum Gasteiger partial charge on any atom is -0.497 e. The molecule has 19 heavy (non-hydrogen) atoms. The predicted octanol–water partition coefficient (Wildman–Crippen LogP) is 2.58. The van der Waals surface area contributed by atoms with Gasteiger partial charge in [0.1, 0.15) is 11.6 Å². The van der Waals surface area contributed by atoms with Crippen LogP contribution in [0, 0.1) is 0 Å². The number of nitrogens with one attached hydrogen (secondary N) is 1. The van der Waals surface area contributed by atoms with Crippen molar-refractivity contribution in [3.8, 4) is 5.75 Å². The molecule has 6 heteroatoms. The van der Waals surface area contributed by atoms with Gasteiger partial charge in [0.15, 0.2) is 0 Å². The Hall–Kier alpha value is -1.95. The zero-order chi connectivity index (χ0) is 13.7. The number of imidazole rings is 1. The largest absolute Gasteiger partial charge is 0.497 e. The monoisotopic (exact) mass is 267 g/mol. The topological polar surface area (TPSA) is 39.1 Å². The molecule has 0 aliphatic heterocycles. The average Bonchev–Trinajstić information content (AvgIpc) is 2.88. The van der Waals surface area contributed by atoms with Crippen LogP contribution in [0.1, 0.15) is 17.9 Å². The number of hydrogen-bond donors (Lipinski definition) is 1. The summed E-state index contributed by atoms with van der Waals surface area (Å²) < 4.78 is 31.1. The fourth-order valence-electron chi connectivity index (χ4n) is 1.72. The minimum absolute atomic E-state index is 0.295. The van der Waals surface area contributed by atoms with Gasteiger partial charge in [-0.1, -0.05) is 12.1 Å². The van der Waals surface area contributed by atoms with Gasteiger partial charge in [-0.2, -0.15) is 8.78 Å². The van der Waals surface area contributed by atoms with Gasteiger partial charge in [0.05, 0.1) is 13.7 Å². The maximum atomic E-state index is 12.6. The molecular formula is C13H15F2N3O.